The number of nitrogens with zero attached hydrogens (tertiary/aromatic N) is 3. The Morgan fingerprint density at radius 2 is 1.97 bits per heavy atom. The van der Waals surface area contributed by atoms with E-state index in [2.05, 4.69) is 5.10 Å². The second kappa shape index (κ2) is 8.54. The fraction of sp³-hybridized carbons (Fsp3) is 0.174. The molecule has 2 heterocycles. The predicted octanol–water partition coefficient (Wildman–Crippen LogP) is 3.53. The first-order valence-electron chi connectivity index (χ1n) is 9.64. The van der Waals surface area contributed by atoms with Crippen molar-refractivity contribution < 1.29 is 23.1 Å². The average molecular weight is 437 g/mol. The summed E-state index contributed by atoms with van der Waals surface area (Å²) in [5.41, 5.74) is 0.769. The van der Waals surface area contributed by atoms with E-state index in [-0.39, 0.29) is 23.3 Å². The van der Waals surface area contributed by atoms with Crippen LogP contribution in [0, 0.1) is 5.82 Å². The summed E-state index contributed by atoms with van der Waals surface area (Å²) in [5, 5.41) is 4.20. The summed E-state index contributed by atoms with van der Waals surface area (Å²) < 4.78 is 31.5. The van der Waals surface area contributed by atoms with E-state index in [1.807, 2.05) is 0 Å². The number of fused-ring (bicyclic) bond motifs is 1. The second-order valence-corrected chi connectivity index (χ2v) is 7.06. The molecule has 1 amide bonds. The molecule has 4 aromatic rings. The zero-order valence-electron chi connectivity index (χ0n) is 17.7. The summed E-state index contributed by atoms with van der Waals surface area (Å²) in [6.07, 6.45) is 3.19. The van der Waals surface area contributed by atoms with E-state index in [0.717, 1.165) is 12.1 Å². The maximum Gasteiger partial charge on any atom is 0.294 e. The van der Waals surface area contributed by atoms with Gasteiger partial charge in [-0.1, -0.05) is 0 Å². The number of methoxy groups -OCH3 is 2. The molecule has 0 bridgehead atoms. The molecule has 8 nitrogen and oxygen atoms in total. The standard InChI is InChI=1S/C23H20FN3O5/c1-26-13-16(11-25-26)27(12-14-8-17(30-2)5-7-20(14)31-3)23(29)22-10-19(28)18-9-15(24)4-6-21(18)32-22/h4-11,13H,12H2,1-3H3. The quantitative estimate of drug-likeness (QED) is 0.459. The van der Waals surface area contributed by atoms with Gasteiger partial charge in [-0.05, 0) is 36.4 Å². The van der Waals surface area contributed by atoms with E-state index in [1.54, 1.807) is 43.2 Å². The number of benzene rings is 2. The highest BCUT2D eigenvalue weighted by Crippen LogP contribution is 2.28. The molecule has 32 heavy (non-hydrogen) atoms. The van der Waals surface area contributed by atoms with Gasteiger partial charge in [0, 0.05) is 24.9 Å². The molecule has 2 aromatic carbocycles. The van der Waals surface area contributed by atoms with Crippen LogP contribution in [0.2, 0.25) is 0 Å². The Morgan fingerprint density at radius 1 is 1.16 bits per heavy atom. The normalized spacial score (nSPS) is 10.9. The van der Waals surface area contributed by atoms with E-state index in [0.29, 0.717) is 22.7 Å². The summed E-state index contributed by atoms with van der Waals surface area (Å²) >= 11 is 0. The molecular weight excluding hydrogens is 417 g/mol. The van der Waals surface area contributed by atoms with Crippen LogP contribution in [0.1, 0.15) is 16.1 Å². The molecule has 0 atom stereocenters. The van der Waals surface area contributed by atoms with Crippen LogP contribution in [-0.4, -0.2) is 29.9 Å². The molecular formula is C23H20FN3O5. The Morgan fingerprint density at radius 3 is 2.66 bits per heavy atom. The first kappa shape index (κ1) is 21.1. The molecule has 0 spiro atoms. The first-order valence-corrected chi connectivity index (χ1v) is 9.64. The molecule has 0 aliphatic rings. The molecule has 164 valence electrons. The molecule has 4 rings (SSSR count). The number of carbonyl (C=O) groups is 1. The fourth-order valence-corrected chi connectivity index (χ4v) is 3.37. The third-order valence-electron chi connectivity index (χ3n) is 4.96. The van der Waals surface area contributed by atoms with E-state index in [4.69, 9.17) is 13.9 Å². The van der Waals surface area contributed by atoms with Crippen molar-refractivity contribution in [1.82, 2.24) is 9.78 Å². The summed E-state index contributed by atoms with van der Waals surface area (Å²) in [6, 6.07) is 9.88. The van der Waals surface area contributed by atoms with Crippen LogP contribution in [0.5, 0.6) is 11.5 Å². The number of anilines is 1. The maximum atomic E-state index is 13.5. The lowest BCUT2D eigenvalue weighted by Gasteiger charge is -2.22. The average Bonchev–Trinajstić information content (AvgIpc) is 3.23. The van der Waals surface area contributed by atoms with Crippen molar-refractivity contribution in [3.8, 4) is 11.5 Å². The Balaban J connectivity index is 1.80. The van der Waals surface area contributed by atoms with Crippen LogP contribution < -0.4 is 19.8 Å². The Kier molecular flexibility index (Phi) is 5.63. The topological polar surface area (TPSA) is 86.8 Å². The van der Waals surface area contributed by atoms with Crippen LogP contribution in [0.3, 0.4) is 0 Å². The van der Waals surface area contributed by atoms with Crippen molar-refractivity contribution in [2.45, 2.75) is 6.54 Å². The van der Waals surface area contributed by atoms with Gasteiger partial charge in [0.1, 0.15) is 22.9 Å². The van der Waals surface area contributed by atoms with Crippen molar-refractivity contribution in [2.75, 3.05) is 19.1 Å². The summed E-state index contributed by atoms with van der Waals surface area (Å²) in [6.45, 7) is 0.0933. The van der Waals surface area contributed by atoms with Gasteiger partial charge < -0.3 is 13.9 Å². The highest BCUT2D eigenvalue weighted by atomic mass is 19.1. The van der Waals surface area contributed by atoms with Gasteiger partial charge >= 0.3 is 0 Å². The largest absolute Gasteiger partial charge is 0.497 e. The Labute approximate surface area is 182 Å². The number of hydrogen-bond acceptors (Lipinski definition) is 6. The number of hydrogen-bond donors (Lipinski definition) is 0. The van der Waals surface area contributed by atoms with Crippen LogP contribution in [0.25, 0.3) is 11.0 Å². The number of aryl methyl sites for hydroxylation is 1. The lowest BCUT2D eigenvalue weighted by molar-refractivity contribution is 0.0958. The summed E-state index contributed by atoms with van der Waals surface area (Å²) in [7, 11) is 4.80. The van der Waals surface area contributed by atoms with E-state index in [9.17, 15) is 14.0 Å². The third-order valence-corrected chi connectivity index (χ3v) is 4.96. The summed E-state index contributed by atoms with van der Waals surface area (Å²) in [5.74, 6) is -0.154. The number of halogens is 1. The van der Waals surface area contributed by atoms with Gasteiger partial charge in [-0.25, -0.2) is 4.39 Å². The number of rotatable bonds is 6. The van der Waals surface area contributed by atoms with Gasteiger partial charge in [0.25, 0.3) is 5.91 Å². The highest BCUT2D eigenvalue weighted by molar-refractivity contribution is 6.04. The third kappa shape index (κ3) is 4.04. The van der Waals surface area contributed by atoms with E-state index in [1.165, 1.54) is 30.3 Å². The maximum absolute atomic E-state index is 13.5. The van der Waals surface area contributed by atoms with E-state index >= 15 is 0 Å². The van der Waals surface area contributed by atoms with Gasteiger partial charge in [0.2, 0.25) is 0 Å². The minimum atomic E-state index is -0.564. The minimum absolute atomic E-state index is 0.0592. The molecule has 0 aliphatic carbocycles. The van der Waals surface area contributed by atoms with Crippen molar-refractivity contribution >= 4 is 22.6 Å². The van der Waals surface area contributed by atoms with Crippen LogP contribution in [0.4, 0.5) is 10.1 Å². The first-order chi connectivity index (χ1) is 15.4. The monoisotopic (exact) mass is 437 g/mol. The van der Waals surface area contributed by atoms with Gasteiger partial charge in [-0.3, -0.25) is 19.2 Å². The molecule has 2 aromatic heterocycles. The SMILES string of the molecule is COc1ccc(OC)c(CN(C(=O)c2cc(=O)c3cc(F)ccc3o2)c2cnn(C)c2)c1. The van der Waals surface area contributed by atoms with Crippen molar-refractivity contribution in [1.29, 1.82) is 0 Å². The van der Waals surface area contributed by atoms with Gasteiger partial charge in [-0.15, -0.1) is 0 Å². The van der Waals surface area contributed by atoms with Crippen molar-refractivity contribution in [2.24, 2.45) is 7.05 Å². The number of amides is 1. The number of aromatic nitrogens is 2. The number of ether oxygens (including phenoxy) is 2. The molecule has 0 fully saturated rings. The smallest absolute Gasteiger partial charge is 0.294 e. The summed E-state index contributed by atoms with van der Waals surface area (Å²) in [4.78, 5) is 27.4. The lowest BCUT2D eigenvalue weighted by Crippen LogP contribution is -2.31. The molecule has 0 radical (unpaired) electrons. The van der Waals surface area contributed by atoms with Gasteiger partial charge in [0.15, 0.2) is 11.2 Å². The molecule has 0 saturated carbocycles. The van der Waals surface area contributed by atoms with Crippen LogP contribution in [0.15, 0.2) is 64.1 Å². The van der Waals surface area contributed by atoms with Crippen molar-refractivity contribution in [3.05, 3.63) is 82.2 Å². The minimum Gasteiger partial charge on any atom is -0.497 e. The van der Waals surface area contributed by atoms with Crippen molar-refractivity contribution in [3.63, 3.8) is 0 Å². The van der Waals surface area contributed by atoms with Gasteiger partial charge in [-0.2, -0.15) is 5.10 Å². The lowest BCUT2D eigenvalue weighted by atomic mass is 10.1. The fourth-order valence-electron chi connectivity index (χ4n) is 3.37. The molecule has 0 N–H and O–H groups in total. The van der Waals surface area contributed by atoms with Crippen LogP contribution >= 0.6 is 0 Å². The molecule has 9 heteroatoms. The highest BCUT2D eigenvalue weighted by Gasteiger charge is 2.24. The van der Waals surface area contributed by atoms with Crippen LogP contribution in [-0.2, 0) is 13.6 Å². The second-order valence-electron chi connectivity index (χ2n) is 7.06. The van der Waals surface area contributed by atoms with E-state index < -0.39 is 17.2 Å². The Bertz CT molecular complexity index is 1360. The number of carbonyl (C=O) groups excluding carboxylic acids is 1. The predicted molar refractivity (Wildman–Crippen MR) is 116 cm³/mol. The molecule has 0 saturated heterocycles. The zero-order chi connectivity index (χ0) is 22.8. The van der Waals surface area contributed by atoms with Gasteiger partial charge in [0.05, 0.1) is 38.0 Å². The molecule has 0 aliphatic heterocycles. The molecule has 0 unspecified atom stereocenters. The zero-order valence-corrected chi connectivity index (χ0v) is 17.7. The Hall–Kier alpha value is -4.14.